The predicted octanol–water partition coefficient (Wildman–Crippen LogP) is -0.386. The first kappa shape index (κ1) is 11.0. The van der Waals surface area contributed by atoms with E-state index in [2.05, 4.69) is 10.4 Å². The molecule has 0 radical (unpaired) electrons. The average molecular weight is 213 g/mol. The zero-order valence-corrected chi connectivity index (χ0v) is 8.30. The molecule has 0 aliphatic heterocycles. The van der Waals surface area contributed by atoms with E-state index in [4.69, 9.17) is 5.73 Å². The number of primary amides is 1. The first-order valence-corrected chi connectivity index (χ1v) is 4.15. The van der Waals surface area contributed by atoms with Crippen LogP contribution in [-0.2, 0) is 11.8 Å². The zero-order chi connectivity index (χ0) is 11.6. The van der Waals surface area contributed by atoms with Crippen molar-refractivity contribution in [3.8, 4) is 0 Å². The number of amides is 1. The van der Waals surface area contributed by atoms with Crippen molar-refractivity contribution in [3.05, 3.63) is 16.3 Å². The highest BCUT2D eigenvalue weighted by Gasteiger charge is 2.21. The van der Waals surface area contributed by atoms with E-state index >= 15 is 0 Å². The van der Waals surface area contributed by atoms with E-state index in [1.54, 1.807) is 7.05 Å². The summed E-state index contributed by atoms with van der Waals surface area (Å²) >= 11 is 0. The summed E-state index contributed by atoms with van der Waals surface area (Å²) in [7, 11) is 1.55. The Labute approximate surface area is 85.2 Å². The van der Waals surface area contributed by atoms with Gasteiger partial charge in [-0.2, -0.15) is 0 Å². The lowest BCUT2D eigenvalue weighted by Gasteiger charge is -2.07. The fraction of sp³-hybridized carbons (Fsp3) is 0.429. The minimum atomic E-state index is -0.710. The maximum absolute atomic E-state index is 10.7. The monoisotopic (exact) mass is 213 g/mol. The van der Waals surface area contributed by atoms with E-state index in [1.807, 2.05) is 0 Å². The maximum Gasteiger partial charge on any atom is 0.330 e. The van der Waals surface area contributed by atoms with E-state index in [1.165, 1.54) is 17.8 Å². The number of aryl methyl sites for hydroxylation is 1. The van der Waals surface area contributed by atoms with E-state index in [0.29, 0.717) is 0 Å². The fourth-order valence-electron chi connectivity index (χ4n) is 0.989. The molecule has 8 nitrogen and oxygen atoms in total. The van der Waals surface area contributed by atoms with Crippen LogP contribution in [0.15, 0.2) is 6.20 Å². The van der Waals surface area contributed by atoms with Gasteiger partial charge >= 0.3 is 5.69 Å². The Morgan fingerprint density at radius 1 is 1.80 bits per heavy atom. The number of anilines is 1. The number of carbonyl (C=O) groups excluding carboxylic acids is 1. The summed E-state index contributed by atoms with van der Waals surface area (Å²) in [6.07, 6.45) is 1.25. The summed E-state index contributed by atoms with van der Waals surface area (Å²) in [5.74, 6) is -0.566. The van der Waals surface area contributed by atoms with Crippen LogP contribution in [0.5, 0.6) is 0 Å². The molecular formula is C7H11N5O3. The molecular weight excluding hydrogens is 202 g/mol. The minimum Gasteiger partial charge on any atom is -0.368 e. The second-order valence-corrected chi connectivity index (χ2v) is 3.06. The third-order valence-electron chi connectivity index (χ3n) is 1.79. The van der Waals surface area contributed by atoms with Gasteiger partial charge in [-0.3, -0.25) is 19.6 Å². The molecule has 0 bridgehead atoms. The van der Waals surface area contributed by atoms with Gasteiger partial charge < -0.3 is 11.1 Å². The molecule has 1 aromatic heterocycles. The third kappa shape index (κ3) is 2.42. The molecule has 0 fully saturated rings. The quantitative estimate of drug-likeness (QED) is 0.522. The summed E-state index contributed by atoms with van der Waals surface area (Å²) < 4.78 is 1.29. The molecule has 3 N–H and O–H groups in total. The molecule has 82 valence electrons. The lowest BCUT2D eigenvalue weighted by atomic mass is 10.3. The van der Waals surface area contributed by atoms with Crippen molar-refractivity contribution < 1.29 is 9.72 Å². The van der Waals surface area contributed by atoms with Crippen LogP contribution in [0.25, 0.3) is 0 Å². The number of nitrogens with one attached hydrogen (secondary N) is 1. The Hall–Kier alpha value is -2.12. The zero-order valence-electron chi connectivity index (χ0n) is 8.30. The molecule has 1 unspecified atom stereocenters. The van der Waals surface area contributed by atoms with Crippen LogP contribution in [0.2, 0.25) is 0 Å². The summed E-state index contributed by atoms with van der Waals surface area (Å²) in [4.78, 5) is 20.7. The molecule has 0 saturated heterocycles. The number of carbonyl (C=O) groups is 1. The van der Waals surface area contributed by atoms with Gasteiger partial charge in [0.1, 0.15) is 12.2 Å². The van der Waals surface area contributed by atoms with Crippen LogP contribution in [0, 0.1) is 10.1 Å². The van der Waals surface area contributed by atoms with Crippen LogP contribution in [0.4, 0.5) is 11.5 Å². The summed E-state index contributed by atoms with van der Waals surface area (Å²) in [6, 6.07) is -0.710. The Balaban J connectivity index is 2.93. The fourth-order valence-corrected chi connectivity index (χ4v) is 0.989. The van der Waals surface area contributed by atoms with Gasteiger partial charge in [0.2, 0.25) is 11.7 Å². The first-order chi connectivity index (χ1) is 6.91. The normalized spacial score (nSPS) is 12.1. The number of aromatic nitrogens is 2. The van der Waals surface area contributed by atoms with Gasteiger partial charge in [0.15, 0.2) is 0 Å². The lowest BCUT2D eigenvalue weighted by Crippen LogP contribution is -2.32. The molecule has 0 aliphatic rings. The Morgan fingerprint density at radius 2 is 2.40 bits per heavy atom. The van der Waals surface area contributed by atoms with Gasteiger partial charge in [0, 0.05) is 7.05 Å². The van der Waals surface area contributed by atoms with Crippen molar-refractivity contribution in [2.24, 2.45) is 12.8 Å². The third-order valence-corrected chi connectivity index (χ3v) is 1.79. The van der Waals surface area contributed by atoms with Crippen molar-refractivity contribution in [3.63, 3.8) is 0 Å². The van der Waals surface area contributed by atoms with Gasteiger partial charge in [-0.15, -0.1) is 5.10 Å². The molecule has 1 atom stereocenters. The minimum absolute atomic E-state index is 0.0359. The highest BCUT2D eigenvalue weighted by atomic mass is 16.6. The Morgan fingerprint density at radius 3 is 2.87 bits per heavy atom. The van der Waals surface area contributed by atoms with Gasteiger partial charge in [0.05, 0.1) is 4.92 Å². The van der Waals surface area contributed by atoms with Gasteiger partial charge in [-0.1, -0.05) is 0 Å². The van der Waals surface area contributed by atoms with Crippen LogP contribution in [-0.4, -0.2) is 26.7 Å². The first-order valence-electron chi connectivity index (χ1n) is 4.15. The number of hydrogen-bond acceptors (Lipinski definition) is 5. The van der Waals surface area contributed by atoms with Crippen molar-refractivity contribution in [2.75, 3.05) is 5.32 Å². The van der Waals surface area contributed by atoms with Crippen molar-refractivity contribution in [1.29, 1.82) is 0 Å². The molecule has 0 spiro atoms. The largest absolute Gasteiger partial charge is 0.368 e. The highest BCUT2D eigenvalue weighted by molar-refractivity contribution is 5.82. The topological polar surface area (TPSA) is 116 Å². The van der Waals surface area contributed by atoms with Crippen LogP contribution in [0.1, 0.15) is 6.92 Å². The van der Waals surface area contributed by atoms with Crippen molar-refractivity contribution >= 4 is 17.4 Å². The molecule has 1 rings (SSSR count). The second-order valence-electron chi connectivity index (χ2n) is 3.06. The van der Waals surface area contributed by atoms with Gasteiger partial charge in [-0.05, 0) is 6.92 Å². The maximum atomic E-state index is 10.7. The van der Waals surface area contributed by atoms with Crippen molar-refractivity contribution in [2.45, 2.75) is 13.0 Å². The number of hydrogen-bond donors (Lipinski definition) is 2. The van der Waals surface area contributed by atoms with Crippen molar-refractivity contribution in [1.82, 2.24) is 9.78 Å². The molecule has 1 aromatic rings. The van der Waals surface area contributed by atoms with Gasteiger partial charge in [0.25, 0.3) is 0 Å². The second kappa shape index (κ2) is 3.95. The molecule has 1 heterocycles. The van der Waals surface area contributed by atoms with E-state index in [9.17, 15) is 14.9 Å². The summed E-state index contributed by atoms with van der Waals surface area (Å²) in [5, 5.41) is 17.0. The summed E-state index contributed by atoms with van der Waals surface area (Å²) in [5.41, 5.74) is 4.82. The van der Waals surface area contributed by atoms with E-state index in [0.717, 1.165) is 0 Å². The highest BCUT2D eigenvalue weighted by Crippen LogP contribution is 2.21. The van der Waals surface area contributed by atoms with Gasteiger partial charge in [-0.25, -0.2) is 0 Å². The number of nitrogens with two attached hydrogens (primary N) is 1. The number of nitrogens with zero attached hydrogens (tertiary/aromatic N) is 3. The van der Waals surface area contributed by atoms with Crippen LogP contribution >= 0.6 is 0 Å². The summed E-state index contributed by atoms with van der Waals surface area (Å²) in [6.45, 7) is 1.50. The predicted molar refractivity (Wildman–Crippen MR) is 52.1 cm³/mol. The van der Waals surface area contributed by atoms with Crippen LogP contribution in [0.3, 0.4) is 0 Å². The smallest absolute Gasteiger partial charge is 0.330 e. The number of nitro groups is 1. The molecule has 0 aromatic carbocycles. The Bertz CT molecular complexity index is 399. The molecule has 0 saturated carbocycles. The lowest BCUT2D eigenvalue weighted by molar-refractivity contribution is -0.384. The molecule has 8 heteroatoms. The average Bonchev–Trinajstić information content (AvgIpc) is 2.46. The van der Waals surface area contributed by atoms with E-state index < -0.39 is 16.9 Å². The molecule has 1 amide bonds. The van der Waals surface area contributed by atoms with Crippen LogP contribution < -0.4 is 11.1 Å². The van der Waals surface area contributed by atoms with E-state index in [-0.39, 0.29) is 11.5 Å². The SMILES string of the molecule is CC(Nc1nn(C)cc1[N+](=O)[O-])C(N)=O. The standard InChI is InChI=1S/C7H11N5O3/c1-4(6(8)13)9-7-5(12(14)15)3-11(2)10-7/h3-4H,1-2H3,(H2,8,13)(H,9,10). The number of rotatable bonds is 4. The Kier molecular flexibility index (Phi) is 2.88. The molecule has 15 heavy (non-hydrogen) atoms. The molecule has 0 aliphatic carbocycles.